The summed E-state index contributed by atoms with van der Waals surface area (Å²) in [6, 6.07) is 8.83. The zero-order chi connectivity index (χ0) is 27.0. The van der Waals surface area contributed by atoms with Crippen molar-refractivity contribution in [3.63, 3.8) is 0 Å². The van der Waals surface area contributed by atoms with Crippen LogP contribution >= 0.6 is 0 Å². The smallest absolute Gasteiger partial charge is 0.378 e. The number of alkyl halides is 3. The number of hydrogen-bond donors (Lipinski definition) is 0. The van der Waals surface area contributed by atoms with Crippen LogP contribution in [0.1, 0.15) is 120 Å². The summed E-state index contributed by atoms with van der Waals surface area (Å²) in [5.41, 5.74) is 2.61. The lowest BCUT2D eigenvalue weighted by Gasteiger charge is -2.38. The molecule has 2 unspecified atom stereocenters. The van der Waals surface area contributed by atoms with Crippen molar-refractivity contribution < 1.29 is 22.3 Å². The van der Waals surface area contributed by atoms with E-state index in [4.69, 9.17) is 4.74 Å². The van der Waals surface area contributed by atoms with Gasteiger partial charge in [0.15, 0.2) is 0 Å². The molecule has 1 saturated heterocycles. The molecule has 1 aliphatic heterocycles. The minimum atomic E-state index is -4.57. The highest BCUT2D eigenvalue weighted by atomic mass is 19.4. The van der Waals surface area contributed by atoms with Gasteiger partial charge in [0.1, 0.15) is 5.83 Å². The number of halogens is 4. The van der Waals surface area contributed by atoms with Gasteiger partial charge in [-0.15, -0.1) is 0 Å². The Morgan fingerprint density at radius 1 is 0.842 bits per heavy atom. The highest BCUT2D eigenvalue weighted by Gasteiger charge is 2.32. The lowest BCUT2D eigenvalue weighted by molar-refractivity contribution is -0.0820. The van der Waals surface area contributed by atoms with Gasteiger partial charge in [-0.3, -0.25) is 0 Å². The van der Waals surface area contributed by atoms with E-state index in [2.05, 4.69) is 31.2 Å². The Hall–Kier alpha value is -1.36. The van der Waals surface area contributed by atoms with Gasteiger partial charge in [0.05, 0.1) is 12.2 Å². The summed E-state index contributed by atoms with van der Waals surface area (Å²) in [6.07, 6.45) is 13.8. The fourth-order valence-electron chi connectivity index (χ4n) is 7.26. The lowest BCUT2D eigenvalue weighted by atomic mass is 9.75. The third-order valence-electron chi connectivity index (χ3n) is 9.75. The first-order chi connectivity index (χ1) is 18.3. The molecule has 214 valence electrons. The fourth-order valence-corrected chi connectivity index (χ4v) is 7.26. The first kappa shape index (κ1) is 29.6. The van der Waals surface area contributed by atoms with Crippen molar-refractivity contribution in [2.45, 2.75) is 128 Å². The maximum atomic E-state index is 13.9. The van der Waals surface area contributed by atoms with Crippen molar-refractivity contribution >= 4 is 0 Å². The van der Waals surface area contributed by atoms with E-state index >= 15 is 0 Å². The molecule has 2 saturated carbocycles. The van der Waals surface area contributed by atoms with Crippen LogP contribution in [0.3, 0.4) is 0 Å². The second-order valence-corrected chi connectivity index (χ2v) is 12.5. The molecule has 3 fully saturated rings. The van der Waals surface area contributed by atoms with Crippen molar-refractivity contribution in [1.82, 2.24) is 0 Å². The van der Waals surface area contributed by atoms with Crippen LogP contribution < -0.4 is 0 Å². The molecule has 0 spiro atoms. The third-order valence-corrected chi connectivity index (χ3v) is 9.75. The average Bonchev–Trinajstić information content (AvgIpc) is 2.92. The van der Waals surface area contributed by atoms with Crippen LogP contribution in [0.5, 0.6) is 0 Å². The van der Waals surface area contributed by atoms with Gasteiger partial charge < -0.3 is 4.74 Å². The molecule has 0 aromatic heterocycles. The van der Waals surface area contributed by atoms with Gasteiger partial charge in [0.2, 0.25) is 0 Å². The normalized spacial score (nSPS) is 31.3. The van der Waals surface area contributed by atoms with Crippen molar-refractivity contribution in [3.05, 3.63) is 47.3 Å². The van der Waals surface area contributed by atoms with E-state index in [9.17, 15) is 17.6 Å². The summed E-state index contributed by atoms with van der Waals surface area (Å²) in [6.45, 7) is 3.25. The Morgan fingerprint density at radius 3 is 2.13 bits per heavy atom. The monoisotopic (exact) mass is 536 g/mol. The van der Waals surface area contributed by atoms with Crippen LogP contribution in [0.2, 0.25) is 0 Å². The molecule has 2 aliphatic carbocycles. The molecule has 3 aliphatic rings. The predicted molar refractivity (Wildman–Crippen MR) is 147 cm³/mol. The molecular formula is C33H48F4O. The number of ether oxygens (including phenoxy) is 1. The molecule has 1 heterocycles. The predicted octanol–water partition coefficient (Wildman–Crippen LogP) is 10.5. The maximum Gasteiger partial charge on any atom is 0.412 e. The summed E-state index contributed by atoms with van der Waals surface area (Å²) in [5.74, 6) is 1.10. The van der Waals surface area contributed by atoms with Gasteiger partial charge in [-0.25, -0.2) is 4.39 Å². The molecule has 0 N–H and O–H groups in total. The quantitative estimate of drug-likeness (QED) is 0.213. The van der Waals surface area contributed by atoms with Gasteiger partial charge in [0.25, 0.3) is 0 Å². The molecule has 4 rings (SSSR count). The van der Waals surface area contributed by atoms with E-state index in [1.165, 1.54) is 81.8 Å². The van der Waals surface area contributed by atoms with Gasteiger partial charge in [0, 0.05) is 12.5 Å². The lowest BCUT2D eigenvalue weighted by Crippen LogP contribution is -2.34. The first-order valence-electron chi connectivity index (χ1n) is 15.5. The molecule has 0 radical (unpaired) electrons. The summed E-state index contributed by atoms with van der Waals surface area (Å²) in [5, 5.41) is 0. The third kappa shape index (κ3) is 9.10. The molecule has 1 aromatic carbocycles. The number of rotatable bonds is 10. The zero-order valence-corrected chi connectivity index (χ0v) is 23.3. The van der Waals surface area contributed by atoms with E-state index in [1.54, 1.807) is 0 Å². The molecule has 5 heteroatoms. The molecule has 1 nitrogen and oxygen atoms in total. The van der Waals surface area contributed by atoms with Crippen LogP contribution in [-0.2, 0) is 11.2 Å². The van der Waals surface area contributed by atoms with Gasteiger partial charge >= 0.3 is 6.18 Å². The Morgan fingerprint density at radius 2 is 1.53 bits per heavy atom. The summed E-state index contributed by atoms with van der Waals surface area (Å²) in [4.78, 5) is 0. The van der Waals surface area contributed by atoms with Crippen LogP contribution in [0.15, 0.2) is 36.2 Å². The van der Waals surface area contributed by atoms with E-state index < -0.39 is 17.9 Å². The van der Waals surface area contributed by atoms with E-state index in [0.717, 1.165) is 43.6 Å². The Balaban J connectivity index is 1.13. The van der Waals surface area contributed by atoms with Crippen molar-refractivity contribution in [2.24, 2.45) is 23.7 Å². The fraction of sp³-hybridized carbons (Fsp3) is 0.758. The standard InChI is InChI=1S/C33H48F4O/c1-2-3-4-5-26-12-21-32(38-23-26)30-15-10-25(11-16-30)7-6-24-8-13-27(14-9-24)28-17-19-29(20-18-28)31(34)22-33(35,36)37/h8-9,13-14,22,25-26,28-30,32H,2-7,10-12,15-21,23H2,1H3. The topological polar surface area (TPSA) is 9.23 Å². The van der Waals surface area contributed by atoms with Crippen LogP contribution in [-0.4, -0.2) is 18.9 Å². The van der Waals surface area contributed by atoms with Crippen LogP contribution in [0, 0.1) is 23.7 Å². The minimum absolute atomic E-state index is 0.159. The maximum absolute atomic E-state index is 13.9. The van der Waals surface area contributed by atoms with Crippen molar-refractivity contribution in [1.29, 1.82) is 0 Å². The highest BCUT2D eigenvalue weighted by Crippen LogP contribution is 2.41. The molecule has 38 heavy (non-hydrogen) atoms. The second-order valence-electron chi connectivity index (χ2n) is 12.5. The average molecular weight is 537 g/mol. The Kier molecular flexibility index (Phi) is 11.2. The SMILES string of the molecule is CCCCCC1CCC(C2CCC(CCc3ccc(C4CCC(C(F)=CC(F)(F)F)CC4)cc3)CC2)OC1. The van der Waals surface area contributed by atoms with E-state index in [-0.39, 0.29) is 6.08 Å². The number of benzene rings is 1. The number of aryl methyl sites for hydroxylation is 1. The number of allylic oxidation sites excluding steroid dienone is 2. The van der Waals surface area contributed by atoms with Crippen LogP contribution in [0.25, 0.3) is 0 Å². The number of hydrogen-bond acceptors (Lipinski definition) is 1. The summed E-state index contributed by atoms with van der Waals surface area (Å²) in [7, 11) is 0. The summed E-state index contributed by atoms with van der Waals surface area (Å²) < 4.78 is 57.6. The van der Waals surface area contributed by atoms with Gasteiger partial charge in [-0.05, 0) is 105 Å². The van der Waals surface area contributed by atoms with E-state index in [1.807, 2.05) is 0 Å². The summed E-state index contributed by atoms with van der Waals surface area (Å²) >= 11 is 0. The van der Waals surface area contributed by atoms with Gasteiger partial charge in [-0.2, -0.15) is 13.2 Å². The van der Waals surface area contributed by atoms with Crippen LogP contribution in [0.4, 0.5) is 17.6 Å². The van der Waals surface area contributed by atoms with Crippen molar-refractivity contribution in [3.8, 4) is 0 Å². The largest absolute Gasteiger partial charge is 0.412 e. The number of unbranched alkanes of at least 4 members (excludes halogenated alkanes) is 2. The Bertz CT molecular complexity index is 837. The second kappa shape index (κ2) is 14.3. The zero-order valence-electron chi connectivity index (χ0n) is 23.3. The molecule has 1 aromatic rings. The van der Waals surface area contributed by atoms with Crippen molar-refractivity contribution in [2.75, 3.05) is 6.61 Å². The highest BCUT2D eigenvalue weighted by molar-refractivity contribution is 5.26. The van der Waals surface area contributed by atoms with Gasteiger partial charge in [-0.1, -0.05) is 63.3 Å². The first-order valence-corrected chi connectivity index (χ1v) is 15.5. The molecule has 2 atom stereocenters. The minimum Gasteiger partial charge on any atom is -0.378 e. The Labute approximate surface area is 227 Å². The van der Waals surface area contributed by atoms with E-state index in [0.29, 0.717) is 24.9 Å². The molecule has 0 amide bonds. The molecular weight excluding hydrogens is 488 g/mol. The molecule has 0 bridgehead atoms.